The van der Waals surface area contributed by atoms with E-state index in [1.165, 1.54) is 11.3 Å². The fraction of sp³-hybridized carbons (Fsp3) is 0.267. The van der Waals surface area contributed by atoms with Crippen LogP contribution in [-0.2, 0) is 4.74 Å². The highest BCUT2D eigenvalue weighted by Crippen LogP contribution is 2.28. The van der Waals surface area contributed by atoms with E-state index in [9.17, 15) is 4.79 Å². The van der Waals surface area contributed by atoms with Crippen molar-refractivity contribution in [3.63, 3.8) is 0 Å². The lowest BCUT2D eigenvalue weighted by Gasteiger charge is -2.15. The average molecular weight is 342 g/mol. The molecule has 3 nitrogen and oxygen atoms in total. The number of thiophene rings is 1. The number of ether oxygens (including phenoxy) is 1. The van der Waals surface area contributed by atoms with Gasteiger partial charge in [0.15, 0.2) is 0 Å². The highest BCUT2D eigenvalue weighted by atomic mass is 35.5. The standard InChI is InChI=1S/C15H16ClNO2S2/c1-19-11(13-7-8-14(16)21-13)9-17-15(18)10-5-3-4-6-12(10)20-2/h3-8,11H,9H2,1-2H3,(H,17,18)/t11-/m1/s1. The normalized spacial score (nSPS) is 12.1. The lowest BCUT2D eigenvalue weighted by molar-refractivity contribution is 0.0835. The largest absolute Gasteiger partial charge is 0.374 e. The van der Waals surface area contributed by atoms with E-state index in [1.807, 2.05) is 42.7 Å². The minimum absolute atomic E-state index is 0.0929. The Morgan fingerprint density at radius 1 is 1.38 bits per heavy atom. The van der Waals surface area contributed by atoms with Crippen molar-refractivity contribution >= 4 is 40.6 Å². The van der Waals surface area contributed by atoms with Crippen molar-refractivity contribution in [1.82, 2.24) is 5.32 Å². The summed E-state index contributed by atoms with van der Waals surface area (Å²) in [6, 6.07) is 11.3. The Hall–Kier alpha value is -1.01. The van der Waals surface area contributed by atoms with Gasteiger partial charge in [0.05, 0.1) is 9.90 Å². The summed E-state index contributed by atoms with van der Waals surface area (Å²) in [5.74, 6) is -0.0929. The number of hydrogen-bond acceptors (Lipinski definition) is 4. The summed E-state index contributed by atoms with van der Waals surface area (Å²) in [4.78, 5) is 14.2. The molecule has 0 radical (unpaired) electrons. The van der Waals surface area contributed by atoms with E-state index in [-0.39, 0.29) is 12.0 Å². The molecular formula is C15H16ClNO2S2. The van der Waals surface area contributed by atoms with Crippen molar-refractivity contribution in [2.75, 3.05) is 19.9 Å². The van der Waals surface area contributed by atoms with Crippen LogP contribution in [0.3, 0.4) is 0 Å². The number of benzene rings is 1. The van der Waals surface area contributed by atoms with Crippen LogP contribution in [0.1, 0.15) is 21.3 Å². The predicted octanol–water partition coefficient (Wildman–Crippen LogP) is 4.24. The van der Waals surface area contributed by atoms with Gasteiger partial charge in [-0.05, 0) is 30.5 Å². The first-order chi connectivity index (χ1) is 10.2. The lowest BCUT2D eigenvalue weighted by atomic mass is 10.2. The molecule has 0 saturated heterocycles. The number of halogens is 1. The van der Waals surface area contributed by atoms with Gasteiger partial charge in [0.1, 0.15) is 6.10 Å². The molecule has 0 aliphatic rings. The molecule has 1 aromatic carbocycles. The summed E-state index contributed by atoms with van der Waals surface area (Å²) in [6.45, 7) is 0.412. The molecule has 1 N–H and O–H groups in total. The zero-order valence-electron chi connectivity index (χ0n) is 11.8. The van der Waals surface area contributed by atoms with Crippen LogP contribution in [0.5, 0.6) is 0 Å². The molecular weight excluding hydrogens is 326 g/mol. The van der Waals surface area contributed by atoms with Crippen LogP contribution >= 0.6 is 34.7 Å². The summed E-state index contributed by atoms with van der Waals surface area (Å²) >= 11 is 8.95. The minimum Gasteiger partial charge on any atom is -0.374 e. The summed E-state index contributed by atoms with van der Waals surface area (Å²) in [5, 5.41) is 2.92. The Bertz CT molecular complexity index is 615. The summed E-state index contributed by atoms with van der Waals surface area (Å²) < 4.78 is 6.14. The Kier molecular flexibility index (Phi) is 6.11. The van der Waals surface area contributed by atoms with Gasteiger partial charge in [-0.25, -0.2) is 0 Å². The monoisotopic (exact) mass is 341 g/mol. The van der Waals surface area contributed by atoms with Crippen molar-refractivity contribution in [3.8, 4) is 0 Å². The third-order valence-electron chi connectivity index (χ3n) is 3.00. The first-order valence-corrected chi connectivity index (χ1v) is 8.77. The molecule has 1 aromatic heterocycles. The van der Waals surface area contributed by atoms with E-state index in [0.717, 1.165) is 9.77 Å². The van der Waals surface area contributed by atoms with E-state index >= 15 is 0 Å². The molecule has 0 unspecified atom stereocenters. The Balaban J connectivity index is 2.02. The first kappa shape index (κ1) is 16.4. The van der Waals surface area contributed by atoms with Crippen molar-refractivity contribution in [1.29, 1.82) is 0 Å². The second-order valence-corrected chi connectivity index (χ2v) is 6.87. The Labute approximate surface area is 137 Å². The number of methoxy groups -OCH3 is 1. The van der Waals surface area contributed by atoms with E-state index in [4.69, 9.17) is 16.3 Å². The van der Waals surface area contributed by atoms with Gasteiger partial charge in [-0.1, -0.05) is 23.7 Å². The van der Waals surface area contributed by atoms with Crippen LogP contribution in [0.4, 0.5) is 0 Å². The molecule has 0 spiro atoms. The topological polar surface area (TPSA) is 38.3 Å². The maximum absolute atomic E-state index is 12.3. The van der Waals surface area contributed by atoms with Crippen LogP contribution in [0.25, 0.3) is 0 Å². The first-order valence-electron chi connectivity index (χ1n) is 6.35. The number of thioether (sulfide) groups is 1. The number of nitrogens with one attached hydrogen (secondary N) is 1. The average Bonchev–Trinajstić information content (AvgIpc) is 2.94. The van der Waals surface area contributed by atoms with Crippen molar-refractivity contribution in [2.24, 2.45) is 0 Å². The van der Waals surface area contributed by atoms with Crippen molar-refractivity contribution < 1.29 is 9.53 Å². The quantitative estimate of drug-likeness (QED) is 0.798. The van der Waals surface area contributed by atoms with Gasteiger partial charge in [-0.15, -0.1) is 23.1 Å². The molecule has 0 aliphatic heterocycles. The number of rotatable bonds is 6. The van der Waals surface area contributed by atoms with Gasteiger partial charge >= 0.3 is 0 Å². The number of hydrogen-bond donors (Lipinski definition) is 1. The molecule has 1 heterocycles. The maximum Gasteiger partial charge on any atom is 0.252 e. The molecule has 0 bridgehead atoms. The maximum atomic E-state index is 12.3. The van der Waals surface area contributed by atoms with Gasteiger partial charge < -0.3 is 10.1 Å². The smallest absolute Gasteiger partial charge is 0.252 e. The third kappa shape index (κ3) is 4.23. The number of carbonyl (C=O) groups excluding carboxylic acids is 1. The zero-order valence-corrected chi connectivity index (χ0v) is 14.1. The minimum atomic E-state index is -0.187. The van der Waals surface area contributed by atoms with Crippen molar-refractivity contribution in [2.45, 2.75) is 11.0 Å². The van der Waals surface area contributed by atoms with Crippen LogP contribution in [-0.4, -0.2) is 25.8 Å². The van der Waals surface area contributed by atoms with Gasteiger partial charge in [0.2, 0.25) is 0 Å². The Morgan fingerprint density at radius 2 is 2.14 bits per heavy atom. The molecule has 2 aromatic rings. The third-order valence-corrected chi connectivity index (χ3v) is 5.11. The zero-order chi connectivity index (χ0) is 15.2. The van der Waals surface area contributed by atoms with Gasteiger partial charge in [0, 0.05) is 23.4 Å². The van der Waals surface area contributed by atoms with Crippen LogP contribution in [0.15, 0.2) is 41.3 Å². The lowest BCUT2D eigenvalue weighted by Crippen LogP contribution is -2.29. The molecule has 0 fully saturated rings. The molecule has 6 heteroatoms. The van der Waals surface area contributed by atoms with E-state index in [0.29, 0.717) is 16.4 Å². The molecule has 1 atom stereocenters. The van der Waals surface area contributed by atoms with E-state index in [2.05, 4.69) is 5.32 Å². The fourth-order valence-electron chi connectivity index (χ4n) is 1.91. The summed E-state index contributed by atoms with van der Waals surface area (Å²) in [5.41, 5.74) is 0.684. The second-order valence-electron chi connectivity index (χ2n) is 4.28. The van der Waals surface area contributed by atoms with Crippen LogP contribution < -0.4 is 5.32 Å². The Morgan fingerprint density at radius 3 is 2.76 bits per heavy atom. The van der Waals surface area contributed by atoms with Crippen molar-refractivity contribution in [3.05, 3.63) is 51.2 Å². The second kappa shape index (κ2) is 7.84. The van der Waals surface area contributed by atoms with E-state index in [1.54, 1.807) is 18.9 Å². The molecule has 1 amide bonds. The highest BCUT2D eigenvalue weighted by Gasteiger charge is 2.16. The highest BCUT2D eigenvalue weighted by molar-refractivity contribution is 7.98. The van der Waals surface area contributed by atoms with Gasteiger partial charge in [0.25, 0.3) is 5.91 Å². The van der Waals surface area contributed by atoms with Crippen LogP contribution in [0.2, 0.25) is 4.34 Å². The molecule has 21 heavy (non-hydrogen) atoms. The van der Waals surface area contributed by atoms with Gasteiger partial charge in [-0.2, -0.15) is 0 Å². The van der Waals surface area contributed by atoms with Crippen LogP contribution in [0, 0.1) is 0 Å². The molecule has 0 aliphatic carbocycles. The fourth-order valence-corrected chi connectivity index (χ4v) is 3.65. The number of amides is 1. The molecule has 0 saturated carbocycles. The van der Waals surface area contributed by atoms with Gasteiger partial charge in [-0.3, -0.25) is 4.79 Å². The predicted molar refractivity (Wildman–Crippen MR) is 89.6 cm³/mol. The molecule has 2 rings (SSSR count). The number of carbonyl (C=O) groups is 1. The van der Waals surface area contributed by atoms with E-state index < -0.39 is 0 Å². The SMILES string of the molecule is CO[C@H](CNC(=O)c1ccccc1SC)c1ccc(Cl)s1. The summed E-state index contributed by atoms with van der Waals surface area (Å²) in [6.07, 6.45) is 1.77. The summed E-state index contributed by atoms with van der Waals surface area (Å²) in [7, 11) is 1.63. The molecule has 112 valence electrons.